The Morgan fingerprint density at radius 1 is 1.47 bits per heavy atom. The maximum Gasteiger partial charge on any atom is 0.239 e. The average Bonchev–Trinajstić information content (AvgIpc) is 2.29. The monoisotopic (exact) mass is 256 g/mol. The number of carbonyl (C=O) groups is 1. The van der Waals surface area contributed by atoms with Crippen LogP contribution in [-0.2, 0) is 4.79 Å². The van der Waals surface area contributed by atoms with Crippen molar-refractivity contribution in [2.75, 3.05) is 20.3 Å². The van der Waals surface area contributed by atoms with Crippen molar-refractivity contribution in [1.29, 1.82) is 0 Å². The van der Waals surface area contributed by atoms with Crippen LogP contribution in [0.2, 0.25) is 5.02 Å². The molecule has 0 spiro atoms. The molecule has 92 valence electrons. The number of hydrogen-bond acceptors (Lipinski definition) is 4. The highest BCUT2D eigenvalue weighted by Gasteiger charge is 2.22. The molecule has 1 aromatic rings. The van der Waals surface area contributed by atoms with Gasteiger partial charge < -0.3 is 20.5 Å². The lowest BCUT2D eigenvalue weighted by molar-refractivity contribution is -0.120. The molecule has 0 aromatic heterocycles. The van der Waals surface area contributed by atoms with E-state index in [0.29, 0.717) is 35.3 Å². The van der Waals surface area contributed by atoms with Crippen LogP contribution in [0, 0.1) is 0 Å². The zero-order valence-corrected chi connectivity index (χ0v) is 10.1. The summed E-state index contributed by atoms with van der Waals surface area (Å²) >= 11 is 6.07. The third-order valence-corrected chi connectivity index (χ3v) is 2.81. The minimum atomic E-state index is -0.594. The van der Waals surface area contributed by atoms with Crippen molar-refractivity contribution in [3.63, 3.8) is 0 Å². The van der Waals surface area contributed by atoms with Crippen LogP contribution in [0.25, 0.3) is 0 Å². The Morgan fingerprint density at radius 3 is 2.82 bits per heavy atom. The Kier molecular flexibility index (Phi) is 3.40. The van der Waals surface area contributed by atoms with Gasteiger partial charge in [0.15, 0.2) is 11.5 Å². The Labute approximate surface area is 104 Å². The standard InChI is InChI=1S/C11H13ClN2O3/c1-14-9(11(13)15)6-4-7(12)10-8(5-6)16-2-3-17-10/h4-5,9,14H,2-3H2,1H3,(H2,13,15). The third-order valence-electron chi connectivity index (χ3n) is 2.53. The number of primary amides is 1. The van der Waals surface area contributed by atoms with Gasteiger partial charge in [0, 0.05) is 0 Å². The van der Waals surface area contributed by atoms with Crippen LogP contribution < -0.4 is 20.5 Å². The number of benzene rings is 1. The zero-order chi connectivity index (χ0) is 12.4. The van der Waals surface area contributed by atoms with E-state index in [0.717, 1.165) is 0 Å². The van der Waals surface area contributed by atoms with Crippen molar-refractivity contribution in [2.24, 2.45) is 5.73 Å². The van der Waals surface area contributed by atoms with Crippen LogP contribution in [0.4, 0.5) is 0 Å². The molecule has 17 heavy (non-hydrogen) atoms. The molecule has 0 radical (unpaired) electrons. The molecule has 1 aromatic carbocycles. The minimum Gasteiger partial charge on any atom is -0.486 e. The second-order valence-electron chi connectivity index (χ2n) is 3.65. The summed E-state index contributed by atoms with van der Waals surface area (Å²) in [7, 11) is 1.65. The maximum atomic E-state index is 11.3. The summed E-state index contributed by atoms with van der Waals surface area (Å²) in [6, 6.07) is 2.77. The van der Waals surface area contributed by atoms with E-state index in [9.17, 15) is 4.79 Å². The van der Waals surface area contributed by atoms with Gasteiger partial charge in [-0.3, -0.25) is 4.79 Å². The van der Waals surface area contributed by atoms with E-state index in [1.807, 2.05) is 0 Å². The molecule has 1 heterocycles. The fraction of sp³-hybridized carbons (Fsp3) is 0.364. The predicted molar refractivity (Wildman–Crippen MR) is 63.4 cm³/mol. The summed E-state index contributed by atoms with van der Waals surface area (Å²) < 4.78 is 10.8. The highest BCUT2D eigenvalue weighted by Crippen LogP contribution is 2.39. The van der Waals surface area contributed by atoms with Gasteiger partial charge in [-0.15, -0.1) is 0 Å². The van der Waals surface area contributed by atoms with Crippen LogP contribution in [0.5, 0.6) is 11.5 Å². The molecule has 2 rings (SSSR count). The van der Waals surface area contributed by atoms with Crippen molar-refractivity contribution in [2.45, 2.75) is 6.04 Å². The molecule has 0 saturated heterocycles. The van der Waals surface area contributed by atoms with Crippen molar-refractivity contribution < 1.29 is 14.3 Å². The van der Waals surface area contributed by atoms with Crippen molar-refractivity contribution in [1.82, 2.24) is 5.32 Å². The van der Waals surface area contributed by atoms with Crippen LogP contribution in [0.3, 0.4) is 0 Å². The van der Waals surface area contributed by atoms with Gasteiger partial charge in [-0.25, -0.2) is 0 Å². The van der Waals surface area contributed by atoms with Crippen LogP contribution >= 0.6 is 11.6 Å². The maximum absolute atomic E-state index is 11.3. The highest BCUT2D eigenvalue weighted by atomic mass is 35.5. The molecule has 0 fully saturated rings. The van der Waals surface area contributed by atoms with Gasteiger partial charge in [-0.1, -0.05) is 11.6 Å². The van der Waals surface area contributed by atoms with E-state index in [2.05, 4.69) is 5.32 Å². The fourth-order valence-corrected chi connectivity index (χ4v) is 2.04. The summed E-state index contributed by atoms with van der Waals surface area (Å²) in [6.07, 6.45) is 0. The first-order valence-corrected chi connectivity index (χ1v) is 5.57. The first kappa shape index (κ1) is 12.0. The Morgan fingerprint density at radius 2 is 2.18 bits per heavy atom. The lowest BCUT2D eigenvalue weighted by atomic mass is 10.1. The van der Waals surface area contributed by atoms with Crippen molar-refractivity contribution in [3.05, 3.63) is 22.7 Å². The second kappa shape index (κ2) is 4.81. The summed E-state index contributed by atoms with van der Waals surface area (Å²) in [4.78, 5) is 11.3. The Hall–Kier alpha value is -1.46. The smallest absolute Gasteiger partial charge is 0.239 e. The number of amides is 1. The van der Waals surface area contributed by atoms with Gasteiger partial charge in [0.1, 0.15) is 19.3 Å². The topological polar surface area (TPSA) is 73.6 Å². The fourth-order valence-electron chi connectivity index (χ4n) is 1.77. The summed E-state index contributed by atoms with van der Waals surface area (Å²) in [5.74, 6) is 0.585. The van der Waals surface area contributed by atoms with E-state index >= 15 is 0 Å². The average molecular weight is 257 g/mol. The number of likely N-dealkylation sites (N-methyl/N-ethyl adjacent to an activating group) is 1. The number of carbonyl (C=O) groups excluding carboxylic acids is 1. The molecule has 1 atom stereocenters. The van der Waals surface area contributed by atoms with Gasteiger partial charge in [0.05, 0.1) is 5.02 Å². The molecule has 1 unspecified atom stereocenters. The number of rotatable bonds is 3. The molecule has 0 saturated carbocycles. The molecular weight excluding hydrogens is 244 g/mol. The van der Waals surface area contributed by atoms with Gasteiger partial charge in [-0.05, 0) is 24.7 Å². The predicted octanol–water partition coefficient (Wildman–Crippen LogP) is 0.857. The Balaban J connectivity index is 2.42. The van der Waals surface area contributed by atoms with E-state index in [1.54, 1.807) is 19.2 Å². The number of hydrogen-bond donors (Lipinski definition) is 2. The first-order chi connectivity index (χ1) is 8.13. The molecule has 1 aliphatic rings. The molecule has 3 N–H and O–H groups in total. The quantitative estimate of drug-likeness (QED) is 0.841. The van der Waals surface area contributed by atoms with Crippen LogP contribution in [0.15, 0.2) is 12.1 Å². The SMILES string of the molecule is CNC(C(N)=O)c1cc(Cl)c2c(c1)OCCO2. The largest absolute Gasteiger partial charge is 0.486 e. The molecule has 1 amide bonds. The lowest BCUT2D eigenvalue weighted by Gasteiger charge is -2.22. The molecular formula is C11H13ClN2O3. The highest BCUT2D eigenvalue weighted by molar-refractivity contribution is 6.32. The number of nitrogens with one attached hydrogen (secondary N) is 1. The van der Waals surface area contributed by atoms with E-state index in [4.69, 9.17) is 26.8 Å². The van der Waals surface area contributed by atoms with Gasteiger partial charge in [-0.2, -0.15) is 0 Å². The lowest BCUT2D eigenvalue weighted by Crippen LogP contribution is -2.31. The molecule has 0 bridgehead atoms. The minimum absolute atomic E-state index is 0.415. The normalized spacial score (nSPS) is 15.4. The second-order valence-corrected chi connectivity index (χ2v) is 4.06. The summed E-state index contributed by atoms with van der Waals surface area (Å²) in [5, 5.41) is 3.24. The summed E-state index contributed by atoms with van der Waals surface area (Å²) in [5.41, 5.74) is 5.95. The molecule has 1 aliphatic heterocycles. The van der Waals surface area contributed by atoms with Gasteiger partial charge in [0.2, 0.25) is 5.91 Å². The molecule has 6 heteroatoms. The summed E-state index contributed by atoms with van der Waals surface area (Å²) in [6.45, 7) is 0.935. The van der Waals surface area contributed by atoms with Crippen LogP contribution in [-0.4, -0.2) is 26.2 Å². The van der Waals surface area contributed by atoms with Gasteiger partial charge in [0.25, 0.3) is 0 Å². The van der Waals surface area contributed by atoms with Gasteiger partial charge >= 0.3 is 0 Å². The number of nitrogens with two attached hydrogens (primary N) is 1. The van der Waals surface area contributed by atoms with Crippen LogP contribution in [0.1, 0.15) is 11.6 Å². The Bertz CT molecular complexity index is 451. The molecule has 5 nitrogen and oxygen atoms in total. The first-order valence-electron chi connectivity index (χ1n) is 5.19. The van der Waals surface area contributed by atoms with E-state index in [-0.39, 0.29) is 0 Å². The van der Waals surface area contributed by atoms with Crippen molar-refractivity contribution in [3.8, 4) is 11.5 Å². The number of halogens is 1. The zero-order valence-electron chi connectivity index (χ0n) is 9.33. The molecule has 0 aliphatic carbocycles. The number of ether oxygens (including phenoxy) is 2. The van der Waals surface area contributed by atoms with E-state index in [1.165, 1.54) is 0 Å². The third kappa shape index (κ3) is 2.30. The van der Waals surface area contributed by atoms with E-state index < -0.39 is 11.9 Å². The number of fused-ring (bicyclic) bond motifs is 1. The van der Waals surface area contributed by atoms with Crippen molar-refractivity contribution >= 4 is 17.5 Å².